The fourth-order valence-electron chi connectivity index (χ4n) is 4.15. The zero-order chi connectivity index (χ0) is 28.3. The third-order valence-electron chi connectivity index (χ3n) is 5.86. The van der Waals surface area contributed by atoms with Crippen LogP contribution in [0.15, 0.2) is 60.3 Å². The Morgan fingerprint density at radius 3 is 2.51 bits per heavy atom. The molecule has 0 fully saturated rings. The molecule has 39 heavy (non-hydrogen) atoms. The van der Waals surface area contributed by atoms with Crippen LogP contribution >= 0.6 is 43.2 Å². The van der Waals surface area contributed by atoms with Gasteiger partial charge in [0.25, 0.3) is 5.56 Å². The van der Waals surface area contributed by atoms with Gasteiger partial charge in [-0.15, -0.1) is 0 Å². The summed E-state index contributed by atoms with van der Waals surface area (Å²) in [7, 11) is 3.05. The van der Waals surface area contributed by atoms with Crippen LogP contribution < -0.4 is 29.1 Å². The average molecular weight is 677 g/mol. The van der Waals surface area contributed by atoms with E-state index in [0.29, 0.717) is 46.8 Å². The number of esters is 1. The number of aromatic nitrogens is 1. The van der Waals surface area contributed by atoms with E-state index in [1.165, 1.54) is 30.1 Å². The molecule has 0 unspecified atom stereocenters. The highest BCUT2D eigenvalue weighted by Gasteiger charge is 2.35. The second-order valence-corrected chi connectivity index (χ2v) is 10.9. The average Bonchev–Trinajstić information content (AvgIpc) is 3.21. The third-order valence-corrected chi connectivity index (χ3v) is 8.15. The summed E-state index contributed by atoms with van der Waals surface area (Å²) in [5, 5.41) is 8.77. The second-order valence-electron chi connectivity index (χ2n) is 8.17. The quantitative estimate of drug-likeness (QED) is 0.328. The van der Waals surface area contributed by atoms with Gasteiger partial charge in [0.1, 0.15) is 11.8 Å². The van der Waals surface area contributed by atoms with E-state index >= 15 is 0 Å². The summed E-state index contributed by atoms with van der Waals surface area (Å²) in [5.74, 6) is 0.894. The maximum atomic E-state index is 13.9. The molecule has 9 nitrogen and oxygen atoms in total. The molecule has 202 valence electrons. The number of thiazole rings is 1. The number of methoxy groups -OCH3 is 2. The maximum absolute atomic E-state index is 13.9. The van der Waals surface area contributed by atoms with E-state index in [2.05, 4.69) is 36.9 Å². The van der Waals surface area contributed by atoms with Gasteiger partial charge in [-0.25, -0.2) is 9.79 Å². The van der Waals surface area contributed by atoms with Crippen LogP contribution in [0.1, 0.15) is 31.0 Å². The zero-order valence-electron chi connectivity index (χ0n) is 21.4. The Balaban J connectivity index is 1.94. The summed E-state index contributed by atoms with van der Waals surface area (Å²) in [4.78, 5) is 32.1. The Morgan fingerprint density at radius 2 is 1.87 bits per heavy atom. The lowest BCUT2D eigenvalue weighted by Gasteiger charge is -2.26. The van der Waals surface area contributed by atoms with E-state index in [0.717, 1.165) is 5.56 Å². The Morgan fingerprint density at radius 1 is 1.15 bits per heavy atom. The molecular weight excluding hydrogens is 654 g/mol. The van der Waals surface area contributed by atoms with E-state index in [4.69, 9.17) is 24.2 Å². The molecule has 2 aromatic carbocycles. The highest BCUT2D eigenvalue weighted by Crippen LogP contribution is 2.40. The van der Waals surface area contributed by atoms with Gasteiger partial charge in [0, 0.05) is 4.47 Å². The first-order valence-corrected chi connectivity index (χ1v) is 14.0. The number of nitriles is 1. The summed E-state index contributed by atoms with van der Waals surface area (Å²) in [6.45, 7) is 3.54. The third kappa shape index (κ3) is 5.66. The first-order chi connectivity index (χ1) is 18.7. The lowest BCUT2D eigenvalue weighted by Crippen LogP contribution is -2.40. The molecule has 12 heteroatoms. The van der Waals surface area contributed by atoms with E-state index in [9.17, 15) is 9.59 Å². The first kappa shape index (κ1) is 28.6. The fraction of sp³-hybridized carbons (Fsp3) is 0.259. The van der Waals surface area contributed by atoms with Gasteiger partial charge >= 0.3 is 5.97 Å². The Kier molecular flexibility index (Phi) is 8.94. The van der Waals surface area contributed by atoms with Gasteiger partial charge in [-0.1, -0.05) is 33.3 Å². The van der Waals surface area contributed by atoms with Gasteiger partial charge in [0.05, 0.1) is 47.1 Å². The van der Waals surface area contributed by atoms with E-state index in [-0.39, 0.29) is 24.3 Å². The lowest BCUT2D eigenvalue weighted by atomic mass is 9.95. The molecule has 1 aromatic heterocycles. The van der Waals surface area contributed by atoms with Crippen LogP contribution in [-0.2, 0) is 9.53 Å². The van der Waals surface area contributed by atoms with Crippen molar-refractivity contribution in [3.8, 4) is 23.3 Å². The number of fused-ring (bicyclic) bond motifs is 1. The molecular formula is C27H23Br2N3O6S. The summed E-state index contributed by atoms with van der Waals surface area (Å²) in [5.41, 5.74) is 1.74. The molecule has 0 saturated carbocycles. The standard InChI is InChI=1S/C27H23Br2N3O6S/c1-5-37-26(34)23-14(2)31-27-32(24(23)16-12-20(35-3)21(36-4)13-17(16)28)25(33)22(39-27)11-15-6-7-19(18(29)10-15)38-9-8-30/h6-7,10-13,24H,5,9H2,1-4H3/b22-11-/t24-/m0/s1. The number of rotatable bonds is 8. The topological polar surface area (TPSA) is 112 Å². The van der Waals surface area contributed by atoms with Crippen molar-refractivity contribution >= 4 is 55.2 Å². The minimum absolute atomic E-state index is 0.0790. The molecule has 0 bridgehead atoms. The molecule has 3 aromatic rings. The van der Waals surface area contributed by atoms with Gasteiger partial charge < -0.3 is 18.9 Å². The minimum atomic E-state index is -0.829. The molecule has 0 aliphatic carbocycles. The molecule has 0 radical (unpaired) electrons. The predicted molar refractivity (Wildman–Crippen MR) is 153 cm³/mol. The van der Waals surface area contributed by atoms with Crippen molar-refractivity contribution in [1.82, 2.24) is 4.57 Å². The monoisotopic (exact) mass is 675 g/mol. The van der Waals surface area contributed by atoms with Crippen LogP contribution in [-0.4, -0.2) is 38.0 Å². The Hall–Kier alpha value is -3.40. The summed E-state index contributed by atoms with van der Waals surface area (Å²) in [6, 6.07) is 9.87. The van der Waals surface area contributed by atoms with E-state index in [1.54, 1.807) is 50.3 Å². The predicted octanol–water partition coefficient (Wildman–Crippen LogP) is 4.24. The maximum Gasteiger partial charge on any atom is 0.338 e. The number of nitrogens with zero attached hydrogens (tertiary/aromatic N) is 3. The fourth-order valence-corrected chi connectivity index (χ4v) is 6.25. The Labute approximate surface area is 244 Å². The SMILES string of the molecule is CCOC(=O)C1=C(C)N=c2s/c(=C\c3ccc(OCC#N)c(Br)c3)c(=O)n2[C@H]1c1cc(OC)c(OC)cc1Br. The molecule has 1 aliphatic rings. The molecule has 4 rings (SSSR count). The van der Waals surface area contributed by atoms with Gasteiger partial charge in [-0.2, -0.15) is 5.26 Å². The van der Waals surface area contributed by atoms with Gasteiger partial charge in [-0.3, -0.25) is 9.36 Å². The molecule has 1 aliphatic heterocycles. The van der Waals surface area contributed by atoms with Crippen molar-refractivity contribution in [2.24, 2.45) is 4.99 Å². The van der Waals surface area contributed by atoms with Crippen molar-refractivity contribution in [2.75, 3.05) is 27.4 Å². The minimum Gasteiger partial charge on any atom is -0.493 e. The lowest BCUT2D eigenvalue weighted by molar-refractivity contribution is -0.139. The molecule has 0 saturated heterocycles. The van der Waals surface area contributed by atoms with E-state index < -0.39 is 12.0 Å². The second kappa shape index (κ2) is 12.2. The van der Waals surface area contributed by atoms with Crippen LogP contribution in [0.5, 0.6) is 17.2 Å². The summed E-state index contributed by atoms with van der Waals surface area (Å²) in [6.07, 6.45) is 1.74. The highest BCUT2D eigenvalue weighted by atomic mass is 79.9. The van der Waals surface area contributed by atoms with Crippen molar-refractivity contribution in [3.05, 3.63) is 81.4 Å². The normalized spacial score (nSPS) is 14.8. The number of benzene rings is 2. The van der Waals surface area contributed by atoms with Crippen LogP contribution in [0.25, 0.3) is 6.08 Å². The zero-order valence-corrected chi connectivity index (χ0v) is 25.4. The summed E-state index contributed by atoms with van der Waals surface area (Å²) < 4.78 is 24.9. The number of hydrogen-bond donors (Lipinski definition) is 0. The number of carbonyl (C=O) groups excluding carboxylic acids is 1. The number of allylic oxidation sites excluding steroid dienone is 1. The van der Waals surface area contributed by atoms with Crippen molar-refractivity contribution in [1.29, 1.82) is 5.26 Å². The van der Waals surface area contributed by atoms with Gasteiger partial charge in [-0.05, 0) is 71.2 Å². The van der Waals surface area contributed by atoms with Crippen molar-refractivity contribution in [3.63, 3.8) is 0 Å². The molecule has 0 N–H and O–H groups in total. The van der Waals surface area contributed by atoms with Crippen molar-refractivity contribution < 1.29 is 23.7 Å². The molecule has 2 heterocycles. The number of hydrogen-bond acceptors (Lipinski definition) is 9. The van der Waals surface area contributed by atoms with Gasteiger partial charge in [0.2, 0.25) is 0 Å². The number of carbonyl (C=O) groups is 1. The van der Waals surface area contributed by atoms with Crippen LogP contribution in [0, 0.1) is 11.3 Å². The highest BCUT2D eigenvalue weighted by molar-refractivity contribution is 9.10. The smallest absolute Gasteiger partial charge is 0.338 e. The molecule has 0 amide bonds. The largest absolute Gasteiger partial charge is 0.493 e. The van der Waals surface area contributed by atoms with Crippen LogP contribution in [0.4, 0.5) is 0 Å². The van der Waals surface area contributed by atoms with Crippen LogP contribution in [0.2, 0.25) is 0 Å². The molecule has 1 atom stereocenters. The summed E-state index contributed by atoms with van der Waals surface area (Å²) >= 11 is 8.26. The first-order valence-electron chi connectivity index (χ1n) is 11.6. The number of ether oxygens (including phenoxy) is 4. The van der Waals surface area contributed by atoms with E-state index in [1.807, 2.05) is 6.07 Å². The number of halogens is 2. The molecule has 0 spiro atoms. The van der Waals surface area contributed by atoms with Crippen LogP contribution in [0.3, 0.4) is 0 Å². The van der Waals surface area contributed by atoms with Gasteiger partial charge in [0.15, 0.2) is 22.9 Å². The Bertz CT molecular complexity index is 1700. The van der Waals surface area contributed by atoms with Crippen molar-refractivity contribution in [2.45, 2.75) is 19.9 Å².